The molecular formula is C22H25Cl2N7O. The molecule has 8 nitrogen and oxygen atoms in total. The lowest BCUT2D eigenvalue weighted by molar-refractivity contribution is 0.485. The van der Waals surface area contributed by atoms with Gasteiger partial charge in [-0.2, -0.15) is 5.10 Å². The quantitative estimate of drug-likeness (QED) is 0.458. The van der Waals surface area contributed by atoms with Crippen LogP contribution < -0.4 is 15.0 Å². The number of nitrogens with zero attached hydrogens (tertiary/aromatic N) is 5. The number of aromatic amines is 1. The predicted octanol–water partition coefficient (Wildman–Crippen LogP) is 4.33. The highest BCUT2D eigenvalue weighted by Crippen LogP contribution is 2.36. The van der Waals surface area contributed by atoms with E-state index in [0.29, 0.717) is 39.6 Å². The maximum Gasteiger partial charge on any atom is 0.182 e. The molecular weight excluding hydrogens is 449 g/mol. The Labute approximate surface area is 197 Å². The number of rotatable bonds is 4. The number of H-pyrrole nitrogens is 1. The Morgan fingerprint density at radius 2 is 2.00 bits per heavy atom. The molecule has 1 saturated heterocycles. The Morgan fingerprint density at radius 3 is 2.69 bits per heavy atom. The molecule has 5 rings (SSSR count). The number of piperazine rings is 1. The molecule has 1 fully saturated rings. The number of benzene rings is 1. The Morgan fingerprint density at radius 1 is 1.22 bits per heavy atom. The van der Waals surface area contributed by atoms with Gasteiger partial charge in [0.05, 0.1) is 17.5 Å². The number of fused-ring (bicyclic) bond motifs is 1. The molecule has 0 spiro atoms. The lowest BCUT2D eigenvalue weighted by Crippen LogP contribution is -2.49. The number of nitrogens with one attached hydrogen (secondary N) is 2. The maximum atomic E-state index is 6.45. The maximum absolute atomic E-state index is 6.45. The summed E-state index contributed by atoms with van der Waals surface area (Å²) < 4.78 is 7.94. The van der Waals surface area contributed by atoms with Gasteiger partial charge in [-0.05, 0) is 38.1 Å². The molecule has 1 aromatic carbocycles. The van der Waals surface area contributed by atoms with Crippen molar-refractivity contribution in [1.82, 2.24) is 30.0 Å². The first kappa shape index (κ1) is 22.4. The largest absolute Gasteiger partial charge is 0.453 e. The zero-order chi connectivity index (χ0) is 21.5. The van der Waals surface area contributed by atoms with Crippen molar-refractivity contribution in [2.75, 3.05) is 24.5 Å². The van der Waals surface area contributed by atoms with Crippen LogP contribution in [0.2, 0.25) is 5.02 Å². The van der Waals surface area contributed by atoms with Crippen molar-refractivity contribution in [2.24, 2.45) is 7.05 Å². The van der Waals surface area contributed by atoms with Gasteiger partial charge in [0.15, 0.2) is 11.4 Å². The van der Waals surface area contributed by atoms with Gasteiger partial charge in [-0.1, -0.05) is 11.6 Å². The van der Waals surface area contributed by atoms with Crippen LogP contribution in [0.3, 0.4) is 0 Å². The molecule has 1 aliphatic rings. The Balaban J connectivity index is 0.00000245. The fourth-order valence-corrected chi connectivity index (χ4v) is 4.20. The summed E-state index contributed by atoms with van der Waals surface area (Å²) in [5.41, 5.74) is 4.18. The summed E-state index contributed by atoms with van der Waals surface area (Å²) in [5.74, 6) is 1.90. The first-order valence-electron chi connectivity index (χ1n) is 10.3. The second-order valence-electron chi connectivity index (χ2n) is 7.86. The normalized spacial score (nSPS) is 16.2. The summed E-state index contributed by atoms with van der Waals surface area (Å²) in [7, 11) is 1.88. The highest BCUT2D eigenvalue weighted by atomic mass is 35.5. The van der Waals surface area contributed by atoms with Gasteiger partial charge in [0.1, 0.15) is 22.1 Å². The molecule has 168 valence electrons. The number of hydrogen-bond donors (Lipinski definition) is 2. The molecule has 1 atom stereocenters. The molecule has 4 aromatic rings. The van der Waals surface area contributed by atoms with Crippen LogP contribution in [-0.2, 0) is 7.05 Å². The first-order chi connectivity index (χ1) is 15.0. The minimum Gasteiger partial charge on any atom is -0.453 e. The zero-order valence-corrected chi connectivity index (χ0v) is 19.7. The predicted molar refractivity (Wildman–Crippen MR) is 129 cm³/mol. The first-order valence-corrected chi connectivity index (χ1v) is 10.7. The lowest BCUT2D eigenvalue weighted by atomic mass is 10.2. The van der Waals surface area contributed by atoms with Crippen molar-refractivity contribution >= 4 is 40.9 Å². The van der Waals surface area contributed by atoms with Gasteiger partial charge in [-0.3, -0.25) is 4.68 Å². The second kappa shape index (κ2) is 8.97. The van der Waals surface area contributed by atoms with E-state index in [2.05, 4.69) is 49.3 Å². The molecule has 0 radical (unpaired) electrons. The van der Waals surface area contributed by atoms with E-state index in [4.69, 9.17) is 16.3 Å². The smallest absolute Gasteiger partial charge is 0.182 e. The highest BCUT2D eigenvalue weighted by Gasteiger charge is 2.19. The fourth-order valence-electron chi connectivity index (χ4n) is 4.02. The highest BCUT2D eigenvalue weighted by molar-refractivity contribution is 6.32. The number of ether oxygens (including phenoxy) is 1. The summed E-state index contributed by atoms with van der Waals surface area (Å²) in [4.78, 5) is 14.7. The van der Waals surface area contributed by atoms with E-state index in [1.807, 2.05) is 32.3 Å². The van der Waals surface area contributed by atoms with E-state index in [9.17, 15) is 0 Å². The SMILES string of the molecule is Cc1nn(C)cc1-c1nc2ncc(Cl)c(Oc3ccc(N4CCNC[C@@H]4C)cc3)c2[nH]1.Cl. The Kier molecular flexibility index (Phi) is 6.28. The number of halogens is 2. The minimum atomic E-state index is 0. The molecule has 1 aliphatic heterocycles. The van der Waals surface area contributed by atoms with Gasteiger partial charge >= 0.3 is 0 Å². The Bertz CT molecular complexity index is 1240. The van der Waals surface area contributed by atoms with E-state index >= 15 is 0 Å². The zero-order valence-electron chi connectivity index (χ0n) is 18.1. The van der Waals surface area contributed by atoms with Gasteiger partial charge in [0.2, 0.25) is 0 Å². The minimum absolute atomic E-state index is 0. The summed E-state index contributed by atoms with van der Waals surface area (Å²) in [6, 6.07) is 8.56. The van der Waals surface area contributed by atoms with Crippen LogP contribution in [-0.4, -0.2) is 50.4 Å². The van der Waals surface area contributed by atoms with E-state index in [0.717, 1.165) is 30.9 Å². The van der Waals surface area contributed by atoms with E-state index in [-0.39, 0.29) is 12.4 Å². The molecule has 4 heterocycles. The fraction of sp³-hybridized carbons (Fsp3) is 0.318. The molecule has 0 unspecified atom stereocenters. The third-order valence-electron chi connectivity index (χ3n) is 5.59. The molecule has 10 heteroatoms. The topological polar surface area (TPSA) is 83.9 Å². The van der Waals surface area contributed by atoms with Crippen LogP contribution in [0.4, 0.5) is 5.69 Å². The van der Waals surface area contributed by atoms with Crippen molar-refractivity contribution in [1.29, 1.82) is 0 Å². The molecule has 0 aliphatic carbocycles. The van der Waals surface area contributed by atoms with Gasteiger partial charge in [-0.25, -0.2) is 9.97 Å². The summed E-state index contributed by atoms with van der Waals surface area (Å²) in [6.07, 6.45) is 3.49. The van der Waals surface area contributed by atoms with Crippen molar-refractivity contribution in [2.45, 2.75) is 19.9 Å². The van der Waals surface area contributed by atoms with Crippen LogP contribution in [0.15, 0.2) is 36.7 Å². The molecule has 3 aromatic heterocycles. The van der Waals surface area contributed by atoms with Gasteiger partial charge in [-0.15, -0.1) is 12.4 Å². The number of aromatic nitrogens is 5. The van der Waals surface area contributed by atoms with Crippen molar-refractivity contribution < 1.29 is 4.74 Å². The van der Waals surface area contributed by atoms with Crippen molar-refractivity contribution in [3.63, 3.8) is 0 Å². The number of pyridine rings is 1. The van der Waals surface area contributed by atoms with E-state index in [1.54, 1.807) is 10.9 Å². The van der Waals surface area contributed by atoms with Crippen LogP contribution in [0.5, 0.6) is 11.5 Å². The Hall–Kier alpha value is -2.81. The average Bonchev–Trinajstić information content (AvgIpc) is 3.33. The molecule has 0 saturated carbocycles. The van der Waals surface area contributed by atoms with Gasteiger partial charge < -0.3 is 19.9 Å². The van der Waals surface area contributed by atoms with Gasteiger partial charge in [0, 0.05) is 44.6 Å². The number of imidazole rings is 1. The van der Waals surface area contributed by atoms with Crippen molar-refractivity contribution in [3.05, 3.63) is 47.4 Å². The van der Waals surface area contributed by atoms with Gasteiger partial charge in [0.25, 0.3) is 0 Å². The van der Waals surface area contributed by atoms with Crippen LogP contribution >= 0.6 is 24.0 Å². The number of anilines is 1. The average molecular weight is 474 g/mol. The van der Waals surface area contributed by atoms with Crippen LogP contribution in [0, 0.1) is 6.92 Å². The summed E-state index contributed by atoms with van der Waals surface area (Å²) in [6.45, 7) is 7.14. The molecule has 2 N–H and O–H groups in total. The number of hydrogen-bond acceptors (Lipinski definition) is 6. The van der Waals surface area contributed by atoms with Crippen molar-refractivity contribution in [3.8, 4) is 22.9 Å². The summed E-state index contributed by atoms with van der Waals surface area (Å²) >= 11 is 6.45. The molecule has 32 heavy (non-hydrogen) atoms. The van der Waals surface area contributed by atoms with E-state index in [1.165, 1.54) is 5.69 Å². The second-order valence-corrected chi connectivity index (χ2v) is 8.27. The standard InChI is InChI=1S/C22H24ClN7O.ClH/c1-13-10-24-8-9-30(13)15-4-6-16(7-5-15)31-20-18(23)11-25-22-19(20)26-21(27-22)17-12-29(3)28-14(17)2;/h4-7,11-13,24H,8-10H2,1-3H3,(H,25,26,27);1H/t13-;/m0./s1. The summed E-state index contributed by atoms with van der Waals surface area (Å²) in [5, 5.41) is 8.23. The van der Waals surface area contributed by atoms with Crippen LogP contribution in [0.25, 0.3) is 22.6 Å². The van der Waals surface area contributed by atoms with E-state index < -0.39 is 0 Å². The molecule has 0 amide bonds. The monoisotopic (exact) mass is 473 g/mol. The molecule has 0 bridgehead atoms. The lowest BCUT2D eigenvalue weighted by Gasteiger charge is -2.35. The number of aryl methyl sites for hydroxylation is 2. The van der Waals surface area contributed by atoms with Crippen LogP contribution in [0.1, 0.15) is 12.6 Å². The third-order valence-corrected chi connectivity index (χ3v) is 5.86. The third kappa shape index (κ3) is 4.13.